The summed E-state index contributed by atoms with van der Waals surface area (Å²) >= 11 is 0. The Labute approximate surface area is 118 Å². The topological polar surface area (TPSA) is 59.5 Å². The second kappa shape index (κ2) is 7.03. The van der Waals surface area contributed by atoms with Crippen LogP contribution in [0.15, 0.2) is 24.5 Å². The molecule has 2 rings (SSSR count). The van der Waals surface area contributed by atoms with E-state index in [2.05, 4.69) is 4.98 Å². The molecule has 1 aromatic rings. The fraction of sp³-hybridized carbons (Fsp3) is 0.533. The van der Waals surface area contributed by atoms with Crippen LogP contribution in [0.1, 0.15) is 31.7 Å². The molecule has 0 aromatic carbocycles. The molecule has 1 heterocycles. The first kappa shape index (κ1) is 14.5. The standard InChI is InChI=1S/C15H20N2O3/c1-2-20-15(19)11-17(13-6-7-13)14(18)8-5-12-4-3-9-16-10-12/h3-4,9-10,13H,2,5-8,11H2,1H3. The Hall–Kier alpha value is -1.91. The van der Waals surface area contributed by atoms with Gasteiger partial charge in [0.1, 0.15) is 6.54 Å². The molecule has 0 bridgehead atoms. The Bertz CT molecular complexity index is 457. The highest BCUT2D eigenvalue weighted by Gasteiger charge is 2.33. The van der Waals surface area contributed by atoms with Gasteiger partial charge in [-0.25, -0.2) is 0 Å². The van der Waals surface area contributed by atoms with Crippen LogP contribution in [-0.4, -0.2) is 41.0 Å². The molecule has 1 aliphatic rings. The number of hydrogen-bond donors (Lipinski definition) is 0. The van der Waals surface area contributed by atoms with Crippen molar-refractivity contribution in [2.45, 2.75) is 38.6 Å². The molecule has 0 aliphatic heterocycles. The summed E-state index contributed by atoms with van der Waals surface area (Å²) in [6, 6.07) is 4.03. The highest BCUT2D eigenvalue weighted by Crippen LogP contribution is 2.27. The average Bonchev–Trinajstić information content (AvgIpc) is 3.28. The minimum atomic E-state index is -0.325. The van der Waals surface area contributed by atoms with Crippen LogP contribution in [0.3, 0.4) is 0 Å². The lowest BCUT2D eigenvalue weighted by atomic mass is 10.1. The van der Waals surface area contributed by atoms with Gasteiger partial charge in [0.25, 0.3) is 0 Å². The summed E-state index contributed by atoms with van der Waals surface area (Å²) in [5, 5.41) is 0. The molecule has 0 spiro atoms. The van der Waals surface area contributed by atoms with Gasteiger partial charge in [0.15, 0.2) is 0 Å². The van der Waals surface area contributed by atoms with Gasteiger partial charge in [-0.3, -0.25) is 14.6 Å². The number of aryl methyl sites for hydroxylation is 1. The lowest BCUT2D eigenvalue weighted by Crippen LogP contribution is -2.38. The van der Waals surface area contributed by atoms with Crippen molar-refractivity contribution in [2.75, 3.05) is 13.2 Å². The van der Waals surface area contributed by atoms with E-state index < -0.39 is 0 Å². The van der Waals surface area contributed by atoms with Gasteiger partial charge in [0, 0.05) is 24.9 Å². The van der Waals surface area contributed by atoms with Crippen LogP contribution in [0.2, 0.25) is 0 Å². The summed E-state index contributed by atoms with van der Waals surface area (Å²) in [6.45, 7) is 2.19. The van der Waals surface area contributed by atoms with E-state index in [0.717, 1.165) is 18.4 Å². The van der Waals surface area contributed by atoms with E-state index in [-0.39, 0.29) is 24.5 Å². The van der Waals surface area contributed by atoms with Crippen molar-refractivity contribution in [2.24, 2.45) is 0 Å². The summed E-state index contributed by atoms with van der Waals surface area (Å²) in [7, 11) is 0. The minimum absolute atomic E-state index is 0.0180. The molecule has 0 radical (unpaired) electrons. The monoisotopic (exact) mass is 276 g/mol. The van der Waals surface area contributed by atoms with E-state index in [4.69, 9.17) is 4.74 Å². The highest BCUT2D eigenvalue weighted by atomic mass is 16.5. The van der Waals surface area contributed by atoms with Gasteiger partial charge in [0.2, 0.25) is 5.91 Å². The number of aromatic nitrogens is 1. The quantitative estimate of drug-likeness (QED) is 0.709. The highest BCUT2D eigenvalue weighted by molar-refractivity contribution is 5.82. The molecule has 1 aromatic heterocycles. The lowest BCUT2D eigenvalue weighted by molar-refractivity contribution is -0.149. The largest absolute Gasteiger partial charge is 0.465 e. The van der Waals surface area contributed by atoms with Crippen molar-refractivity contribution >= 4 is 11.9 Å². The van der Waals surface area contributed by atoms with Gasteiger partial charge in [0.05, 0.1) is 6.61 Å². The predicted molar refractivity (Wildman–Crippen MR) is 73.9 cm³/mol. The molecule has 0 N–H and O–H groups in total. The molecular weight excluding hydrogens is 256 g/mol. The van der Waals surface area contributed by atoms with E-state index in [1.165, 1.54) is 0 Å². The zero-order valence-corrected chi connectivity index (χ0v) is 11.7. The Balaban J connectivity index is 1.85. The molecule has 0 atom stereocenters. The summed E-state index contributed by atoms with van der Waals surface area (Å²) in [5.41, 5.74) is 1.03. The first-order valence-electron chi connectivity index (χ1n) is 7.04. The summed E-state index contributed by atoms with van der Waals surface area (Å²) in [4.78, 5) is 29.5. The second-order valence-corrected chi connectivity index (χ2v) is 4.92. The van der Waals surface area contributed by atoms with E-state index in [1.807, 2.05) is 12.1 Å². The van der Waals surface area contributed by atoms with Gasteiger partial charge in [-0.2, -0.15) is 0 Å². The fourth-order valence-electron chi connectivity index (χ4n) is 2.09. The number of carbonyl (C=O) groups is 2. The Morgan fingerprint density at radius 1 is 1.45 bits per heavy atom. The Morgan fingerprint density at radius 3 is 2.85 bits per heavy atom. The fourth-order valence-corrected chi connectivity index (χ4v) is 2.09. The van der Waals surface area contributed by atoms with Crippen molar-refractivity contribution < 1.29 is 14.3 Å². The number of rotatable bonds is 7. The molecule has 5 nitrogen and oxygen atoms in total. The third-order valence-electron chi connectivity index (χ3n) is 3.26. The van der Waals surface area contributed by atoms with Crippen molar-refractivity contribution in [3.63, 3.8) is 0 Å². The molecule has 1 saturated carbocycles. The van der Waals surface area contributed by atoms with Gasteiger partial charge < -0.3 is 9.64 Å². The molecular formula is C15H20N2O3. The molecule has 5 heteroatoms. The zero-order valence-electron chi connectivity index (χ0n) is 11.7. The van der Waals surface area contributed by atoms with E-state index >= 15 is 0 Å². The third-order valence-corrected chi connectivity index (χ3v) is 3.26. The number of esters is 1. The maximum absolute atomic E-state index is 12.2. The van der Waals surface area contributed by atoms with Gasteiger partial charge in [-0.05, 0) is 37.8 Å². The predicted octanol–water partition coefficient (Wildman–Crippen LogP) is 1.57. The maximum Gasteiger partial charge on any atom is 0.325 e. The van der Waals surface area contributed by atoms with Crippen LogP contribution in [0.4, 0.5) is 0 Å². The molecule has 20 heavy (non-hydrogen) atoms. The van der Waals surface area contributed by atoms with Crippen LogP contribution in [0.5, 0.6) is 0 Å². The van der Waals surface area contributed by atoms with Crippen LogP contribution < -0.4 is 0 Å². The minimum Gasteiger partial charge on any atom is -0.465 e. The average molecular weight is 276 g/mol. The number of hydrogen-bond acceptors (Lipinski definition) is 4. The van der Waals surface area contributed by atoms with Crippen molar-refractivity contribution in [1.29, 1.82) is 0 Å². The van der Waals surface area contributed by atoms with E-state index in [1.54, 1.807) is 24.2 Å². The number of amides is 1. The molecule has 1 amide bonds. The lowest BCUT2D eigenvalue weighted by Gasteiger charge is -2.21. The molecule has 1 fully saturated rings. The van der Waals surface area contributed by atoms with Crippen molar-refractivity contribution in [1.82, 2.24) is 9.88 Å². The number of carbonyl (C=O) groups excluding carboxylic acids is 2. The Kier molecular flexibility index (Phi) is 5.09. The second-order valence-electron chi connectivity index (χ2n) is 4.92. The first-order chi connectivity index (χ1) is 9.70. The van der Waals surface area contributed by atoms with Crippen molar-refractivity contribution in [3.05, 3.63) is 30.1 Å². The first-order valence-corrected chi connectivity index (χ1v) is 7.04. The number of nitrogens with zero attached hydrogens (tertiary/aromatic N) is 2. The molecule has 1 aliphatic carbocycles. The maximum atomic E-state index is 12.2. The smallest absolute Gasteiger partial charge is 0.325 e. The van der Waals surface area contributed by atoms with Crippen LogP contribution >= 0.6 is 0 Å². The normalized spacial score (nSPS) is 13.8. The number of pyridine rings is 1. The summed E-state index contributed by atoms with van der Waals surface area (Å²) in [5.74, 6) is -0.307. The van der Waals surface area contributed by atoms with Gasteiger partial charge >= 0.3 is 5.97 Å². The molecule has 0 saturated heterocycles. The summed E-state index contributed by atoms with van der Waals surface area (Å²) < 4.78 is 4.92. The van der Waals surface area contributed by atoms with Crippen molar-refractivity contribution in [3.8, 4) is 0 Å². The summed E-state index contributed by atoms with van der Waals surface area (Å²) in [6.07, 6.45) is 6.50. The van der Waals surface area contributed by atoms with E-state index in [0.29, 0.717) is 19.4 Å². The molecule has 108 valence electrons. The van der Waals surface area contributed by atoms with Gasteiger partial charge in [-0.15, -0.1) is 0 Å². The number of ether oxygens (including phenoxy) is 1. The van der Waals surface area contributed by atoms with Crippen LogP contribution in [-0.2, 0) is 20.7 Å². The zero-order chi connectivity index (χ0) is 14.4. The molecule has 0 unspecified atom stereocenters. The van der Waals surface area contributed by atoms with Crippen LogP contribution in [0.25, 0.3) is 0 Å². The Morgan fingerprint density at radius 2 is 2.25 bits per heavy atom. The van der Waals surface area contributed by atoms with Gasteiger partial charge in [-0.1, -0.05) is 6.07 Å². The SMILES string of the molecule is CCOC(=O)CN(C(=O)CCc1cccnc1)C1CC1. The van der Waals surface area contributed by atoms with E-state index in [9.17, 15) is 9.59 Å². The third kappa shape index (κ3) is 4.33. The van der Waals surface area contributed by atoms with Crippen LogP contribution in [0, 0.1) is 0 Å².